The van der Waals surface area contributed by atoms with Crippen LogP contribution < -0.4 is 0 Å². The first-order chi connectivity index (χ1) is 10.5. The van der Waals surface area contributed by atoms with E-state index < -0.39 is 5.97 Å². The zero-order valence-corrected chi connectivity index (χ0v) is 13.5. The smallest absolute Gasteiger partial charge is 0.305 e. The number of nitrogens with zero attached hydrogens (tertiary/aromatic N) is 3. The molecule has 22 heavy (non-hydrogen) atoms. The highest BCUT2D eigenvalue weighted by Gasteiger charge is 2.32. The number of hydrogen-bond acceptors (Lipinski definition) is 7. The van der Waals surface area contributed by atoms with E-state index in [9.17, 15) is 9.59 Å². The molecule has 0 atom stereocenters. The molecule has 0 spiro atoms. The molecule has 0 saturated carbocycles. The van der Waals surface area contributed by atoms with Crippen LogP contribution in [-0.4, -0.2) is 41.5 Å². The van der Waals surface area contributed by atoms with Crippen LogP contribution in [0, 0.1) is 0 Å². The predicted octanol–water partition coefficient (Wildman–Crippen LogP) is 2.37. The molecule has 9 heteroatoms. The van der Waals surface area contributed by atoms with Crippen molar-refractivity contribution in [1.29, 1.82) is 0 Å². The summed E-state index contributed by atoms with van der Waals surface area (Å²) in [5.74, 6) is -1.22. The average molecular weight is 351 g/mol. The molecule has 1 aromatic carbocycles. The second-order valence-corrected chi connectivity index (χ2v) is 6.69. The fraction of sp³-hybridized carbons (Fsp3) is 0.154. The van der Waals surface area contributed by atoms with E-state index in [0.29, 0.717) is 9.23 Å². The Balaban J connectivity index is 1.83. The Labute approximate surface area is 139 Å². The lowest BCUT2D eigenvalue weighted by Crippen LogP contribution is -2.30. The standard InChI is InChI=1S/C13H9N3O3S3/c17-11(18)3-4-16-12(19)10(21-13(16)20)6-7-1-2-8-9(5-7)15-22-14-8/h1-2,5-6H,3-4H2,(H,17,18)/b10-6-. The third-order valence-corrected chi connectivity index (χ3v) is 4.93. The molecular weight excluding hydrogens is 342 g/mol. The Hall–Kier alpha value is -1.84. The average Bonchev–Trinajstić information content (AvgIpc) is 3.02. The van der Waals surface area contributed by atoms with Gasteiger partial charge in [0.2, 0.25) is 0 Å². The summed E-state index contributed by atoms with van der Waals surface area (Å²) in [6, 6.07) is 5.55. The highest BCUT2D eigenvalue weighted by Crippen LogP contribution is 2.32. The first-order valence-corrected chi connectivity index (χ1v) is 8.19. The summed E-state index contributed by atoms with van der Waals surface area (Å²) >= 11 is 7.46. The highest BCUT2D eigenvalue weighted by atomic mass is 32.2. The molecule has 2 heterocycles. The van der Waals surface area contributed by atoms with Gasteiger partial charge in [0, 0.05) is 6.54 Å². The summed E-state index contributed by atoms with van der Waals surface area (Å²) < 4.78 is 8.67. The Bertz CT molecular complexity index is 815. The van der Waals surface area contributed by atoms with Gasteiger partial charge in [-0.15, -0.1) is 0 Å². The fourth-order valence-electron chi connectivity index (χ4n) is 1.94. The second-order valence-electron chi connectivity index (χ2n) is 4.49. The van der Waals surface area contributed by atoms with Crippen LogP contribution in [0.15, 0.2) is 23.1 Å². The maximum absolute atomic E-state index is 12.3. The van der Waals surface area contributed by atoms with Crippen LogP contribution in [0.3, 0.4) is 0 Å². The number of rotatable bonds is 4. The highest BCUT2D eigenvalue weighted by molar-refractivity contribution is 8.26. The maximum atomic E-state index is 12.3. The van der Waals surface area contributed by atoms with Gasteiger partial charge in [-0.2, -0.15) is 8.75 Å². The van der Waals surface area contributed by atoms with Gasteiger partial charge in [0.05, 0.1) is 23.1 Å². The Morgan fingerprint density at radius 1 is 1.36 bits per heavy atom. The van der Waals surface area contributed by atoms with Crippen molar-refractivity contribution in [2.75, 3.05) is 6.54 Å². The summed E-state index contributed by atoms with van der Waals surface area (Å²) in [5, 5.41) is 8.71. The van der Waals surface area contributed by atoms with Crippen LogP contribution in [0.5, 0.6) is 0 Å². The van der Waals surface area contributed by atoms with E-state index >= 15 is 0 Å². The molecule has 3 rings (SSSR count). The lowest BCUT2D eigenvalue weighted by atomic mass is 10.2. The summed E-state index contributed by atoms with van der Waals surface area (Å²) in [6.45, 7) is 0.0897. The van der Waals surface area contributed by atoms with E-state index in [4.69, 9.17) is 17.3 Å². The number of aliphatic carboxylic acids is 1. The van der Waals surface area contributed by atoms with Gasteiger partial charge in [0.1, 0.15) is 15.4 Å². The Morgan fingerprint density at radius 3 is 2.91 bits per heavy atom. The molecule has 112 valence electrons. The van der Waals surface area contributed by atoms with Gasteiger partial charge >= 0.3 is 5.97 Å². The molecule has 0 radical (unpaired) electrons. The number of benzene rings is 1. The molecule has 1 aliphatic heterocycles. The van der Waals surface area contributed by atoms with Gasteiger partial charge in [-0.1, -0.05) is 30.0 Å². The molecule has 2 aromatic rings. The zero-order chi connectivity index (χ0) is 15.7. The number of amides is 1. The largest absolute Gasteiger partial charge is 0.481 e. The minimum atomic E-state index is -0.959. The normalized spacial score (nSPS) is 16.9. The summed E-state index contributed by atoms with van der Waals surface area (Å²) in [6.07, 6.45) is 1.61. The quantitative estimate of drug-likeness (QED) is 0.669. The number of carbonyl (C=O) groups excluding carboxylic acids is 1. The van der Waals surface area contributed by atoms with Crippen LogP contribution in [-0.2, 0) is 9.59 Å². The third-order valence-electron chi connectivity index (χ3n) is 3.00. The third kappa shape index (κ3) is 3.01. The van der Waals surface area contributed by atoms with Crippen LogP contribution in [0.25, 0.3) is 17.1 Å². The van der Waals surface area contributed by atoms with Crippen LogP contribution in [0.1, 0.15) is 12.0 Å². The molecule has 0 unspecified atom stereocenters. The zero-order valence-electron chi connectivity index (χ0n) is 11.1. The molecular formula is C13H9N3O3S3. The lowest BCUT2D eigenvalue weighted by Gasteiger charge is -2.12. The second kappa shape index (κ2) is 6.11. The van der Waals surface area contributed by atoms with E-state index in [2.05, 4.69) is 8.75 Å². The van der Waals surface area contributed by atoms with E-state index in [1.165, 1.54) is 16.7 Å². The number of carboxylic acids is 1. The predicted molar refractivity (Wildman–Crippen MR) is 89.5 cm³/mol. The van der Waals surface area contributed by atoms with Gasteiger partial charge in [0.15, 0.2) is 0 Å². The van der Waals surface area contributed by atoms with Gasteiger partial charge in [-0.3, -0.25) is 14.5 Å². The van der Waals surface area contributed by atoms with Gasteiger partial charge in [0.25, 0.3) is 5.91 Å². The number of thioether (sulfide) groups is 1. The van der Waals surface area contributed by atoms with Gasteiger partial charge in [-0.25, -0.2) is 0 Å². The topological polar surface area (TPSA) is 83.4 Å². The van der Waals surface area contributed by atoms with Crippen molar-refractivity contribution >= 4 is 69.0 Å². The Morgan fingerprint density at radius 2 is 2.14 bits per heavy atom. The molecule has 0 bridgehead atoms. The summed E-state index contributed by atoms with van der Waals surface area (Å²) in [4.78, 5) is 24.7. The monoisotopic (exact) mass is 351 g/mol. The van der Waals surface area contributed by atoms with E-state index in [0.717, 1.165) is 28.3 Å². The van der Waals surface area contributed by atoms with E-state index in [1.54, 1.807) is 6.08 Å². The summed E-state index contributed by atoms with van der Waals surface area (Å²) in [7, 11) is 0. The number of aromatic nitrogens is 2. The van der Waals surface area contributed by atoms with Crippen LogP contribution in [0.2, 0.25) is 0 Å². The van der Waals surface area contributed by atoms with Gasteiger partial charge in [-0.05, 0) is 23.8 Å². The number of hydrogen-bond donors (Lipinski definition) is 1. The number of thiocarbonyl (C=S) groups is 1. The molecule has 1 amide bonds. The Kier molecular flexibility index (Phi) is 4.19. The van der Waals surface area contributed by atoms with Crippen molar-refractivity contribution in [3.8, 4) is 0 Å². The lowest BCUT2D eigenvalue weighted by molar-refractivity contribution is -0.137. The van der Waals surface area contributed by atoms with Crippen molar-refractivity contribution in [2.45, 2.75) is 6.42 Å². The molecule has 0 aliphatic carbocycles. The van der Waals surface area contributed by atoms with Crippen LogP contribution in [0.4, 0.5) is 0 Å². The van der Waals surface area contributed by atoms with Crippen molar-refractivity contribution in [1.82, 2.24) is 13.6 Å². The van der Waals surface area contributed by atoms with Crippen molar-refractivity contribution in [3.05, 3.63) is 28.7 Å². The molecule has 1 saturated heterocycles. The molecule has 1 fully saturated rings. The number of fused-ring (bicyclic) bond motifs is 1. The molecule has 1 N–H and O–H groups in total. The minimum Gasteiger partial charge on any atom is -0.481 e. The summed E-state index contributed by atoms with van der Waals surface area (Å²) in [5.41, 5.74) is 2.43. The van der Waals surface area contributed by atoms with E-state index in [-0.39, 0.29) is 18.9 Å². The molecule has 1 aromatic heterocycles. The first-order valence-electron chi connectivity index (χ1n) is 6.24. The SMILES string of the molecule is O=C(O)CCN1C(=O)/C(=C/c2ccc3nsnc3c2)SC1=S. The van der Waals surface area contributed by atoms with Crippen LogP contribution >= 0.6 is 35.7 Å². The first kappa shape index (κ1) is 15.1. The number of carboxylic acid groups (broad SMARTS) is 1. The number of carbonyl (C=O) groups is 2. The maximum Gasteiger partial charge on any atom is 0.305 e. The van der Waals surface area contributed by atoms with Crippen molar-refractivity contribution < 1.29 is 14.7 Å². The van der Waals surface area contributed by atoms with Crippen molar-refractivity contribution in [2.24, 2.45) is 0 Å². The van der Waals surface area contributed by atoms with Gasteiger partial charge < -0.3 is 5.11 Å². The van der Waals surface area contributed by atoms with E-state index in [1.807, 2.05) is 18.2 Å². The fourth-order valence-corrected chi connectivity index (χ4v) is 3.77. The van der Waals surface area contributed by atoms with Crippen molar-refractivity contribution in [3.63, 3.8) is 0 Å². The molecule has 6 nitrogen and oxygen atoms in total. The minimum absolute atomic E-state index is 0.0897. The molecule has 1 aliphatic rings.